The van der Waals surface area contributed by atoms with Crippen LogP contribution in [0, 0.1) is 0 Å². The molecule has 0 atom stereocenters. The summed E-state index contributed by atoms with van der Waals surface area (Å²) in [5.41, 5.74) is 1.42. The number of imide groups is 1. The Morgan fingerprint density at radius 1 is 0.969 bits per heavy atom. The number of anilines is 1. The van der Waals surface area contributed by atoms with Crippen LogP contribution in [0.5, 0.6) is 0 Å². The maximum atomic E-state index is 12.8. The average Bonchev–Trinajstić information content (AvgIpc) is 3.04. The van der Waals surface area contributed by atoms with E-state index in [-0.39, 0.29) is 11.4 Å². The lowest BCUT2D eigenvalue weighted by atomic mass is 10.2. The maximum Gasteiger partial charge on any atom is 0.294 e. The molecule has 3 aromatic rings. The van der Waals surface area contributed by atoms with Crippen LogP contribution in [0.2, 0.25) is 5.02 Å². The first-order valence-corrected chi connectivity index (χ1v) is 11.6. The van der Waals surface area contributed by atoms with Crippen LogP contribution in [0.1, 0.15) is 5.56 Å². The van der Waals surface area contributed by atoms with Crippen LogP contribution in [-0.4, -0.2) is 28.5 Å². The Morgan fingerprint density at radius 3 is 2.41 bits per heavy atom. The van der Waals surface area contributed by atoms with Gasteiger partial charge in [-0.05, 0) is 65.9 Å². The SMILES string of the molecule is O=C(CN1C(=O)S/C(=C\c2ccccc2Sc2ccc(Cl)cc2)C1=O)Nc1ccccc1. The van der Waals surface area contributed by atoms with Crippen molar-refractivity contribution in [2.45, 2.75) is 9.79 Å². The third kappa shape index (κ3) is 5.43. The molecule has 0 spiro atoms. The van der Waals surface area contributed by atoms with E-state index in [9.17, 15) is 14.4 Å². The normalized spacial score (nSPS) is 14.8. The van der Waals surface area contributed by atoms with Crippen LogP contribution in [0.3, 0.4) is 0 Å². The zero-order valence-electron chi connectivity index (χ0n) is 16.7. The Balaban J connectivity index is 1.49. The van der Waals surface area contributed by atoms with E-state index in [0.717, 1.165) is 32.0 Å². The first kappa shape index (κ1) is 22.2. The first-order valence-electron chi connectivity index (χ1n) is 9.62. The van der Waals surface area contributed by atoms with E-state index in [1.165, 1.54) is 11.8 Å². The van der Waals surface area contributed by atoms with Gasteiger partial charge in [0.25, 0.3) is 11.1 Å². The minimum absolute atomic E-state index is 0.284. The first-order chi connectivity index (χ1) is 15.5. The average molecular weight is 481 g/mol. The summed E-state index contributed by atoms with van der Waals surface area (Å²) in [5.74, 6) is -0.909. The Hall–Kier alpha value is -3.00. The summed E-state index contributed by atoms with van der Waals surface area (Å²) >= 11 is 8.33. The molecule has 0 aromatic heterocycles. The van der Waals surface area contributed by atoms with Gasteiger partial charge in [-0.3, -0.25) is 19.3 Å². The molecule has 8 heteroatoms. The van der Waals surface area contributed by atoms with Crippen LogP contribution in [0.15, 0.2) is 93.6 Å². The second-order valence-corrected chi connectivity index (χ2v) is 9.32. The van der Waals surface area contributed by atoms with Crippen LogP contribution in [0.4, 0.5) is 10.5 Å². The van der Waals surface area contributed by atoms with Gasteiger partial charge in [-0.2, -0.15) is 0 Å². The molecule has 0 saturated carbocycles. The van der Waals surface area contributed by atoms with Crippen molar-refractivity contribution in [3.63, 3.8) is 0 Å². The van der Waals surface area contributed by atoms with E-state index >= 15 is 0 Å². The van der Waals surface area contributed by atoms with Gasteiger partial charge in [0.15, 0.2) is 0 Å². The fourth-order valence-electron chi connectivity index (χ4n) is 2.97. The molecule has 0 bridgehead atoms. The number of amides is 3. The molecule has 5 nitrogen and oxygen atoms in total. The quantitative estimate of drug-likeness (QED) is 0.427. The van der Waals surface area contributed by atoms with Gasteiger partial charge < -0.3 is 5.32 Å². The van der Waals surface area contributed by atoms with Gasteiger partial charge in [-0.1, -0.05) is 59.8 Å². The number of hydrogen-bond acceptors (Lipinski definition) is 5. The van der Waals surface area contributed by atoms with Crippen LogP contribution >= 0.6 is 35.1 Å². The Morgan fingerprint density at radius 2 is 1.66 bits per heavy atom. The summed E-state index contributed by atoms with van der Waals surface area (Å²) in [6.07, 6.45) is 1.69. The van der Waals surface area contributed by atoms with Crippen molar-refractivity contribution in [3.8, 4) is 0 Å². The van der Waals surface area contributed by atoms with Crippen molar-refractivity contribution in [3.05, 3.63) is 94.4 Å². The van der Waals surface area contributed by atoms with E-state index in [1.54, 1.807) is 30.3 Å². The number of hydrogen-bond donors (Lipinski definition) is 1. The maximum absolute atomic E-state index is 12.8. The smallest absolute Gasteiger partial charge is 0.294 e. The third-order valence-electron chi connectivity index (χ3n) is 4.48. The van der Waals surface area contributed by atoms with Crippen molar-refractivity contribution in [1.82, 2.24) is 4.90 Å². The van der Waals surface area contributed by atoms with E-state index in [2.05, 4.69) is 5.32 Å². The second kappa shape index (κ2) is 10.1. The predicted octanol–water partition coefficient (Wildman–Crippen LogP) is 6.17. The highest BCUT2D eigenvalue weighted by atomic mass is 35.5. The Bertz CT molecular complexity index is 1200. The van der Waals surface area contributed by atoms with Crippen LogP contribution in [-0.2, 0) is 9.59 Å². The predicted molar refractivity (Wildman–Crippen MR) is 130 cm³/mol. The van der Waals surface area contributed by atoms with Gasteiger partial charge >= 0.3 is 0 Å². The summed E-state index contributed by atoms with van der Waals surface area (Å²) < 4.78 is 0. The number of thioether (sulfide) groups is 1. The molecule has 1 heterocycles. The summed E-state index contributed by atoms with van der Waals surface area (Å²) in [6, 6.07) is 24.0. The summed E-state index contributed by atoms with van der Waals surface area (Å²) in [5, 5.41) is 2.88. The molecule has 0 radical (unpaired) electrons. The van der Waals surface area contributed by atoms with E-state index in [1.807, 2.05) is 54.6 Å². The number of nitrogens with zero attached hydrogens (tertiary/aromatic N) is 1. The minimum atomic E-state index is -0.477. The second-order valence-electron chi connectivity index (χ2n) is 6.78. The van der Waals surface area contributed by atoms with Crippen LogP contribution < -0.4 is 5.32 Å². The highest BCUT2D eigenvalue weighted by molar-refractivity contribution is 8.18. The van der Waals surface area contributed by atoms with Gasteiger partial charge in [0.1, 0.15) is 6.54 Å². The molecular formula is C24H17ClN2O3S2. The van der Waals surface area contributed by atoms with Crippen molar-refractivity contribution in [2.24, 2.45) is 0 Å². The minimum Gasteiger partial charge on any atom is -0.325 e. The standard InChI is InChI=1S/C24H17ClN2O3S2/c25-17-10-12-19(13-11-17)31-20-9-5-4-6-16(20)14-21-23(29)27(24(30)32-21)15-22(28)26-18-7-2-1-3-8-18/h1-14H,15H2,(H,26,28)/b21-14-. The molecule has 0 unspecified atom stereocenters. The molecule has 1 fully saturated rings. The topological polar surface area (TPSA) is 66.5 Å². The fourth-order valence-corrected chi connectivity index (χ4v) is 4.84. The van der Waals surface area contributed by atoms with E-state index < -0.39 is 17.1 Å². The van der Waals surface area contributed by atoms with Crippen molar-refractivity contribution >= 4 is 63.9 Å². The monoisotopic (exact) mass is 480 g/mol. The molecule has 0 aliphatic carbocycles. The van der Waals surface area contributed by atoms with E-state index in [0.29, 0.717) is 10.7 Å². The highest BCUT2D eigenvalue weighted by Crippen LogP contribution is 2.36. The lowest BCUT2D eigenvalue weighted by molar-refractivity contribution is -0.127. The molecule has 1 N–H and O–H groups in total. The summed E-state index contributed by atoms with van der Waals surface area (Å²) in [6.45, 7) is -0.335. The number of halogens is 1. The van der Waals surface area contributed by atoms with Gasteiger partial charge in [-0.15, -0.1) is 0 Å². The van der Waals surface area contributed by atoms with E-state index in [4.69, 9.17) is 11.6 Å². The number of nitrogens with one attached hydrogen (secondary N) is 1. The Kier molecular flexibility index (Phi) is 6.99. The van der Waals surface area contributed by atoms with Crippen molar-refractivity contribution in [1.29, 1.82) is 0 Å². The Labute approximate surface area is 198 Å². The molecule has 4 rings (SSSR count). The zero-order valence-corrected chi connectivity index (χ0v) is 19.0. The highest BCUT2D eigenvalue weighted by Gasteiger charge is 2.36. The number of benzene rings is 3. The van der Waals surface area contributed by atoms with Gasteiger partial charge in [-0.25, -0.2) is 0 Å². The number of carbonyl (C=O) groups excluding carboxylic acids is 3. The summed E-state index contributed by atoms with van der Waals surface area (Å²) in [7, 11) is 0. The van der Waals surface area contributed by atoms with Gasteiger partial charge in [0, 0.05) is 20.5 Å². The van der Waals surface area contributed by atoms with Gasteiger partial charge in [0.2, 0.25) is 5.91 Å². The van der Waals surface area contributed by atoms with Crippen molar-refractivity contribution < 1.29 is 14.4 Å². The van der Waals surface area contributed by atoms with Crippen LogP contribution in [0.25, 0.3) is 6.08 Å². The number of carbonyl (C=O) groups is 3. The lowest BCUT2D eigenvalue weighted by Crippen LogP contribution is -2.36. The fraction of sp³-hybridized carbons (Fsp3) is 0.0417. The molecule has 1 saturated heterocycles. The van der Waals surface area contributed by atoms with Gasteiger partial charge in [0.05, 0.1) is 4.91 Å². The van der Waals surface area contributed by atoms with Crippen molar-refractivity contribution in [2.75, 3.05) is 11.9 Å². The zero-order chi connectivity index (χ0) is 22.5. The largest absolute Gasteiger partial charge is 0.325 e. The molecule has 1 aliphatic heterocycles. The molecule has 1 aliphatic rings. The summed E-state index contributed by atoms with van der Waals surface area (Å²) in [4.78, 5) is 40.7. The molecule has 3 amide bonds. The third-order valence-corrected chi connectivity index (χ3v) is 6.74. The number of rotatable bonds is 6. The number of para-hydroxylation sites is 1. The lowest BCUT2D eigenvalue weighted by Gasteiger charge is -2.12. The molecule has 32 heavy (non-hydrogen) atoms. The molecular weight excluding hydrogens is 464 g/mol. The molecule has 160 valence electrons. The molecule has 3 aromatic carbocycles.